The lowest BCUT2D eigenvalue weighted by atomic mass is 9.64. The molecule has 6 rings (SSSR count). The third-order valence-corrected chi connectivity index (χ3v) is 9.30. The summed E-state index contributed by atoms with van der Waals surface area (Å²) in [6, 6.07) is 66.9. The first-order valence-corrected chi connectivity index (χ1v) is 16.0. The number of rotatable bonds is 12. The largest absolute Gasteiger partial charge is 0.0622 e. The first kappa shape index (κ1) is 29.4. The van der Waals surface area contributed by atoms with Crippen LogP contribution < -0.4 is 0 Å². The molecule has 0 aliphatic carbocycles. The molecule has 0 aromatic heterocycles. The minimum absolute atomic E-state index is 0.0109. The minimum atomic E-state index is -0.0109. The Morgan fingerprint density at radius 1 is 0.295 bits per heavy atom. The molecule has 0 heteroatoms. The Hall–Kier alpha value is -4.68. The van der Waals surface area contributed by atoms with E-state index in [2.05, 4.69) is 189 Å². The maximum Gasteiger partial charge on any atom is 0.00945 e. The summed E-state index contributed by atoms with van der Waals surface area (Å²) in [7, 11) is 0. The summed E-state index contributed by atoms with van der Waals surface area (Å²) in [6.07, 6.45) is 3.15. The second-order valence-electron chi connectivity index (χ2n) is 12.5. The van der Waals surface area contributed by atoms with E-state index in [0.29, 0.717) is 17.8 Å². The molecule has 0 atom stereocenters. The Kier molecular flexibility index (Phi) is 9.48. The molecule has 218 valence electrons. The number of benzene rings is 6. The predicted octanol–water partition coefficient (Wildman–Crippen LogP) is 11.7. The minimum Gasteiger partial charge on any atom is -0.0622 e. The summed E-state index contributed by atoms with van der Waals surface area (Å²) in [5.74, 6) is 0.880. The lowest BCUT2D eigenvalue weighted by Gasteiger charge is -2.40. The van der Waals surface area contributed by atoms with E-state index in [1.54, 1.807) is 0 Å². The molecular weight excluding hydrogens is 528 g/mol. The normalized spacial score (nSPS) is 11.7. The van der Waals surface area contributed by atoms with Crippen molar-refractivity contribution in [1.29, 1.82) is 0 Å². The molecule has 6 aromatic carbocycles. The summed E-state index contributed by atoms with van der Waals surface area (Å²) < 4.78 is 0. The quantitative estimate of drug-likeness (QED) is 0.137. The molecule has 0 spiro atoms. The molecule has 0 unspecified atom stereocenters. The second kappa shape index (κ2) is 14.2. The van der Waals surface area contributed by atoms with Crippen molar-refractivity contribution in [3.63, 3.8) is 0 Å². The predicted molar refractivity (Wildman–Crippen MR) is 186 cm³/mol. The van der Waals surface area contributed by atoms with Gasteiger partial charge >= 0.3 is 0 Å². The van der Waals surface area contributed by atoms with Crippen LogP contribution in [-0.2, 0) is 0 Å². The van der Waals surface area contributed by atoms with Crippen molar-refractivity contribution >= 4 is 0 Å². The van der Waals surface area contributed by atoms with Crippen molar-refractivity contribution < 1.29 is 0 Å². The van der Waals surface area contributed by atoms with E-state index in [-0.39, 0.29) is 5.41 Å². The zero-order valence-corrected chi connectivity index (χ0v) is 25.7. The van der Waals surface area contributed by atoms with Crippen molar-refractivity contribution in [1.82, 2.24) is 0 Å². The smallest absolute Gasteiger partial charge is 0.00945 e. The van der Waals surface area contributed by atoms with Crippen LogP contribution in [0.15, 0.2) is 182 Å². The zero-order chi connectivity index (χ0) is 30.0. The first-order valence-electron chi connectivity index (χ1n) is 16.0. The first-order chi connectivity index (χ1) is 21.7. The van der Waals surface area contributed by atoms with E-state index in [1.165, 1.54) is 33.4 Å². The molecule has 44 heavy (non-hydrogen) atoms. The van der Waals surface area contributed by atoms with Gasteiger partial charge in [-0.3, -0.25) is 0 Å². The molecule has 0 bridgehead atoms. The highest BCUT2D eigenvalue weighted by Crippen LogP contribution is 2.50. The zero-order valence-electron chi connectivity index (χ0n) is 25.7. The van der Waals surface area contributed by atoms with Gasteiger partial charge in [0.15, 0.2) is 0 Å². The van der Waals surface area contributed by atoms with Gasteiger partial charge in [-0.2, -0.15) is 0 Å². The van der Waals surface area contributed by atoms with Crippen molar-refractivity contribution in [2.24, 2.45) is 5.41 Å². The fourth-order valence-corrected chi connectivity index (χ4v) is 7.12. The van der Waals surface area contributed by atoms with Crippen LogP contribution in [0.4, 0.5) is 0 Å². The van der Waals surface area contributed by atoms with Gasteiger partial charge in [0.25, 0.3) is 0 Å². The highest BCUT2D eigenvalue weighted by Gasteiger charge is 2.36. The van der Waals surface area contributed by atoms with Gasteiger partial charge in [-0.25, -0.2) is 0 Å². The van der Waals surface area contributed by atoms with Gasteiger partial charge < -0.3 is 0 Å². The summed E-state index contributed by atoms with van der Waals surface area (Å²) in [4.78, 5) is 0. The van der Waals surface area contributed by atoms with Crippen molar-refractivity contribution in [2.45, 2.75) is 43.9 Å². The molecule has 0 heterocycles. The molecule has 6 aromatic rings. The summed E-state index contributed by atoms with van der Waals surface area (Å²) >= 11 is 0. The van der Waals surface area contributed by atoms with Gasteiger partial charge in [-0.1, -0.05) is 189 Å². The van der Waals surface area contributed by atoms with E-state index >= 15 is 0 Å². The monoisotopic (exact) mass is 570 g/mol. The van der Waals surface area contributed by atoms with Crippen molar-refractivity contribution in [3.05, 3.63) is 215 Å². The van der Waals surface area contributed by atoms with Crippen LogP contribution in [0.2, 0.25) is 0 Å². The van der Waals surface area contributed by atoms with Crippen LogP contribution in [0.25, 0.3) is 0 Å². The molecule has 0 N–H and O–H groups in total. The fraction of sp³-hybridized carbons (Fsp3) is 0.182. The molecule has 0 nitrogen and oxygen atoms in total. The SMILES string of the molecule is CC(CC(c1ccccc1)c1ccccc1)(CC(c1ccccc1)c1ccccc1)CC(c1ccccc1)c1ccccc1. The van der Waals surface area contributed by atoms with Crippen molar-refractivity contribution in [2.75, 3.05) is 0 Å². The van der Waals surface area contributed by atoms with E-state index in [1.807, 2.05) is 0 Å². The second-order valence-corrected chi connectivity index (χ2v) is 12.5. The topological polar surface area (TPSA) is 0 Å². The third-order valence-electron chi connectivity index (χ3n) is 9.30. The summed E-state index contributed by atoms with van der Waals surface area (Å²) in [5.41, 5.74) is 8.31. The van der Waals surface area contributed by atoms with Crippen LogP contribution in [-0.4, -0.2) is 0 Å². The van der Waals surface area contributed by atoms with Gasteiger partial charge in [0.05, 0.1) is 0 Å². The molecule has 0 saturated carbocycles. The fourth-order valence-electron chi connectivity index (χ4n) is 7.12. The van der Waals surface area contributed by atoms with Crippen LogP contribution in [0.1, 0.15) is 77.3 Å². The molecule has 0 saturated heterocycles. The van der Waals surface area contributed by atoms with Crippen LogP contribution >= 0.6 is 0 Å². The van der Waals surface area contributed by atoms with Gasteiger partial charge in [-0.15, -0.1) is 0 Å². The van der Waals surface area contributed by atoms with Gasteiger partial charge in [0, 0.05) is 17.8 Å². The highest BCUT2D eigenvalue weighted by atomic mass is 14.4. The van der Waals surface area contributed by atoms with Crippen molar-refractivity contribution in [3.8, 4) is 0 Å². The molecule has 0 aliphatic heterocycles. The molecule has 0 amide bonds. The van der Waals surface area contributed by atoms with Gasteiger partial charge in [-0.05, 0) is 58.1 Å². The standard InChI is InChI=1S/C44H42/c1-44(32-41(35-20-8-2-9-21-35)36-22-10-3-11-23-36,33-42(37-24-12-4-13-25-37)38-26-14-5-15-27-38)34-43(39-28-16-6-17-29-39)40-30-18-7-19-31-40/h2-31,41-43H,32-34H2,1H3. The average molecular weight is 571 g/mol. The molecule has 0 radical (unpaired) electrons. The van der Waals surface area contributed by atoms with Gasteiger partial charge in [0.1, 0.15) is 0 Å². The summed E-state index contributed by atoms with van der Waals surface area (Å²) in [6.45, 7) is 2.56. The Bertz CT molecular complexity index is 1340. The van der Waals surface area contributed by atoms with E-state index in [4.69, 9.17) is 0 Å². The average Bonchev–Trinajstić information content (AvgIpc) is 3.11. The molecule has 0 fully saturated rings. The van der Waals surface area contributed by atoms with Gasteiger partial charge in [0.2, 0.25) is 0 Å². The maximum absolute atomic E-state index is 2.56. The maximum atomic E-state index is 2.56. The number of hydrogen-bond acceptors (Lipinski definition) is 0. The van der Waals surface area contributed by atoms with E-state index < -0.39 is 0 Å². The Labute approximate surface area is 264 Å². The highest BCUT2D eigenvalue weighted by molar-refractivity contribution is 5.37. The lowest BCUT2D eigenvalue weighted by molar-refractivity contribution is 0.217. The number of hydrogen-bond donors (Lipinski definition) is 0. The summed E-state index contributed by atoms with van der Waals surface area (Å²) in [5, 5.41) is 0. The Morgan fingerprint density at radius 2 is 0.455 bits per heavy atom. The third kappa shape index (κ3) is 7.26. The molecular formula is C44H42. The van der Waals surface area contributed by atoms with Crippen LogP contribution in [0.5, 0.6) is 0 Å². The lowest BCUT2D eigenvalue weighted by Crippen LogP contribution is -2.27. The Balaban J connectivity index is 1.48. The van der Waals surface area contributed by atoms with Crippen LogP contribution in [0, 0.1) is 5.41 Å². The van der Waals surface area contributed by atoms with Crippen LogP contribution in [0.3, 0.4) is 0 Å². The Morgan fingerprint density at radius 3 is 0.614 bits per heavy atom. The molecule has 0 aliphatic rings. The van der Waals surface area contributed by atoms with E-state index in [9.17, 15) is 0 Å². The van der Waals surface area contributed by atoms with E-state index in [0.717, 1.165) is 19.3 Å².